The molecule has 1 aliphatic heterocycles. The van der Waals surface area contributed by atoms with Crippen molar-refractivity contribution in [3.63, 3.8) is 0 Å². The van der Waals surface area contributed by atoms with Crippen molar-refractivity contribution in [1.82, 2.24) is 5.32 Å². The van der Waals surface area contributed by atoms with Gasteiger partial charge in [0.1, 0.15) is 0 Å². The van der Waals surface area contributed by atoms with Gasteiger partial charge in [0.2, 0.25) is 0 Å². The second-order valence-electron chi connectivity index (χ2n) is 4.99. The highest BCUT2D eigenvalue weighted by molar-refractivity contribution is 7.99. The number of para-hydroxylation sites is 1. The number of carboxylic acid groups (broad SMARTS) is 1. The number of urea groups is 1. The minimum Gasteiger partial charge on any atom is -0.481 e. The molecule has 0 aliphatic carbocycles. The van der Waals surface area contributed by atoms with E-state index in [4.69, 9.17) is 5.11 Å². The maximum absolute atomic E-state index is 12.4. The Balaban J connectivity index is 2.02. The SMILES string of the molecule is O=C(O)CCN(C(=O)NC1CCCSC1)c1ccccc1. The topological polar surface area (TPSA) is 69.6 Å². The van der Waals surface area contributed by atoms with Gasteiger partial charge < -0.3 is 10.4 Å². The summed E-state index contributed by atoms with van der Waals surface area (Å²) in [5.41, 5.74) is 0.722. The lowest BCUT2D eigenvalue weighted by Crippen LogP contribution is -2.47. The Morgan fingerprint density at radius 2 is 2.10 bits per heavy atom. The summed E-state index contributed by atoms with van der Waals surface area (Å²) in [4.78, 5) is 24.7. The number of carboxylic acids is 1. The van der Waals surface area contributed by atoms with Crippen LogP contribution in [0.25, 0.3) is 0 Å². The Morgan fingerprint density at radius 1 is 1.33 bits per heavy atom. The second kappa shape index (κ2) is 7.93. The van der Waals surface area contributed by atoms with Crippen LogP contribution >= 0.6 is 11.8 Å². The second-order valence-corrected chi connectivity index (χ2v) is 6.14. The third kappa shape index (κ3) is 4.97. The van der Waals surface area contributed by atoms with Crippen molar-refractivity contribution in [2.24, 2.45) is 0 Å². The number of carbonyl (C=O) groups is 2. The fraction of sp³-hybridized carbons (Fsp3) is 0.467. The van der Waals surface area contributed by atoms with Gasteiger partial charge in [0, 0.05) is 24.0 Å². The Labute approximate surface area is 128 Å². The summed E-state index contributed by atoms with van der Waals surface area (Å²) >= 11 is 1.84. The number of benzene rings is 1. The predicted octanol–water partition coefficient (Wildman–Crippen LogP) is 2.57. The zero-order valence-corrected chi connectivity index (χ0v) is 12.6. The zero-order valence-electron chi connectivity index (χ0n) is 11.8. The van der Waals surface area contributed by atoms with Crippen LogP contribution < -0.4 is 10.2 Å². The molecule has 1 unspecified atom stereocenters. The molecule has 1 aliphatic rings. The molecule has 0 aromatic heterocycles. The fourth-order valence-corrected chi connectivity index (χ4v) is 3.34. The molecule has 2 amide bonds. The van der Waals surface area contributed by atoms with Crippen molar-refractivity contribution in [3.05, 3.63) is 30.3 Å². The molecule has 1 aromatic carbocycles. The molecule has 1 fully saturated rings. The van der Waals surface area contributed by atoms with E-state index in [2.05, 4.69) is 5.32 Å². The maximum atomic E-state index is 12.4. The summed E-state index contributed by atoms with van der Waals surface area (Å²) in [6.07, 6.45) is 2.03. The van der Waals surface area contributed by atoms with Gasteiger partial charge in [-0.15, -0.1) is 0 Å². The molecular formula is C15H20N2O3S. The van der Waals surface area contributed by atoms with Crippen molar-refractivity contribution in [2.45, 2.75) is 25.3 Å². The Bertz CT molecular complexity index is 475. The third-order valence-corrected chi connectivity index (χ3v) is 4.57. The van der Waals surface area contributed by atoms with E-state index in [1.807, 2.05) is 42.1 Å². The summed E-state index contributed by atoms with van der Waals surface area (Å²) in [5.74, 6) is 1.16. The molecule has 0 radical (unpaired) electrons. The van der Waals surface area contributed by atoms with E-state index >= 15 is 0 Å². The number of hydrogen-bond donors (Lipinski definition) is 2. The van der Waals surface area contributed by atoms with Crippen molar-refractivity contribution in [2.75, 3.05) is 23.0 Å². The lowest BCUT2D eigenvalue weighted by Gasteiger charge is -2.28. The van der Waals surface area contributed by atoms with Gasteiger partial charge in [-0.2, -0.15) is 11.8 Å². The van der Waals surface area contributed by atoms with E-state index in [9.17, 15) is 9.59 Å². The molecule has 1 atom stereocenters. The van der Waals surface area contributed by atoms with Crippen LogP contribution in [0.4, 0.5) is 10.5 Å². The monoisotopic (exact) mass is 308 g/mol. The summed E-state index contributed by atoms with van der Waals surface area (Å²) < 4.78 is 0. The van der Waals surface area contributed by atoms with E-state index in [-0.39, 0.29) is 25.0 Å². The predicted molar refractivity (Wildman–Crippen MR) is 84.9 cm³/mol. The number of amides is 2. The average molecular weight is 308 g/mol. The van der Waals surface area contributed by atoms with Crippen molar-refractivity contribution >= 4 is 29.4 Å². The lowest BCUT2D eigenvalue weighted by atomic mass is 10.2. The van der Waals surface area contributed by atoms with Crippen molar-refractivity contribution < 1.29 is 14.7 Å². The van der Waals surface area contributed by atoms with Crippen LogP contribution in [-0.2, 0) is 4.79 Å². The summed E-state index contributed by atoms with van der Waals surface area (Å²) in [7, 11) is 0. The first-order valence-corrected chi connectivity index (χ1v) is 8.25. The van der Waals surface area contributed by atoms with Crippen LogP contribution in [-0.4, -0.2) is 41.2 Å². The van der Waals surface area contributed by atoms with Crippen molar-refractivity contribution in [1.29, 1.82) is 0 Å². The Hall–Kier alpha value is -1.69. The van der Waals surface area contributed by atoms with Gasteiger partial charge in [0.05, 0.1) is 6.42 Å². The molecule has 0 saturated carbocycles. The van der Waals surface area contributed by atoms with Crippen LogP contribution in [0.5, 0.6) is 0 Å². The molecule has 1 heterocycles. The largest absolute Gasteiger partial charge is 0.481 e. The van der Waals surface area contributed by atoms with E-state index in [0.717, 1.165) is 30.0 Å². The molecule has 6 heteroatoms. The number of thioether (sulfide) groups is 1. The number of hydrogen-bond acceptors (Lipinski definition) is 3. The summed E-state index contributed by atoms with van der Waals surface area (Å²) in [6.45, 7) is 0.172. The number of aliphatic carboxylic acids is 1. The lowest BCUT2D eigenvalue weighted by molar-refractivity contribution is -0.136. The molecule has 2 N–H and O–H groups in total. The van der Waals surface area contributed by atoms with E-state index in [0.29, 0.717) is 0 Å². The molecule has 5 nitrogen and oxygen atoms in total. The molecular weight excluding hydrogens is 288 g/mol. The van der Waals surface area contributed by atoms with Crippen LogP contribution in [0.15, 0.2) is 30.3 Å². The Morgan fingerprint density at radius 3 is 2.71 bits per heavy atom. The first kappa shape index (κ1) is 15.7. The highest BCUT2D eigenvalue weighted by Crippen LogP contribution is 2.19. The smallest absolute Gasteiger partial charge is 0.322 e. The minimum absolute atomic E-state index is 0.0677. The first-order valence-electron chi connectivity index (χ1n) is 7.09. The van der Waals surface area contributed by atoms with E-state index < -0.39 is 5.97 Å². The summed E-state index contributed by atoms with van der Waals surface area (Å²) in [6, 6.07) is 9.14. The number of rotatable bonds is 5. The molecule has 114 valence electrons. The molecule has 1 aromatic rings. The normalized spacial score (nSPS) is 18.0. The Kier molecular flexibility index (Phi) is 5.92. The van der Waals surface area contributed by atoms with Gasteiger partial charge in [0.15, 0.2) is 0 Å². The number of carbonyl (C=O) groups excluding carboxylic acids is 1. The summed E-state index contributed by atoms with van der Waals surface area (Å²) in [5, 5.41) is 11.9. The molecule has 0 spiro atoms. The van der Waals surface area contributed by atoms with Gasteiger partial charge in [-0.25, -0.2) is 4.79 Å². The highest BCUT2D eigenvalue weighted by Gasteiger charge is 2.21. The highest BCUT2D eigenvalue weighted by atomic mass is 32.2. The standard InChI is InChI=1S/C15H20N2O3S/c18-14(19)8-9-17(13-6-2-1-3-7-13)15(20)16-12-5-4-10-21-11-12/h1-3,6-7,12H,4-5,8-11H2,(H,16,20)(H,18,19). The van der Waals surface area contributed by atoms with Crippen molar-refractivity contribution in [3.8, 4) is 0 Å². The van der Waals surface area contributed by atoms with Gasteiger partial charge in [0.25, 0.3) is 0 Å². The van der Waals surface area contributed by atoms with Gasteiger partial charge >= 0.3 is 12.0 Å². The van der Waals surface area contributed by atoms with Crippen LogP contribution in [0.2, 0.25) is 0 Å². The molecule has 21 heavy (non-hydrogen) atoms. The molecule has 1 saturated heterocycles. The van der Waals surface area contributed by atoms with Gasteiger partial charge in [-0.1, -0.05) is 18.2 Å². The number of anilines is 1. The third-order valence-electron chi connectivity index (χ3n) is 3.35. The quantitative estimate of drug-likeness (QED) is 0.877. The maximum Gasteiger partial charge on any atom is 0.322 e. The van der Waals surface area contributed by atoms with Crippen LogP contribution in [0.1, 0.15) is 19.3 Å². The average Bonchev–Trinajstić information content (AvgIpc) is 2.49. The minimum atomic E-state index is -0.906. The van der Waals surface area contributed by atoms with Crippen LogP contribution in [0, 0.1) is 0 Å². The van der Waals surface area contributed by atoms with Crippen LogP contribution in [0.3, 0.4) is 0 Å². The van der Waals surface area contributed by atoms with Gasteiger partial charge in [-0.3, -0.25) is 9.69 Å². The van der Waals surface area contributed by atoms with Gasteiger partial charge in [-0.05, 0) is 30.7 Å². The molecule has 2 rings (SSSR count). The zero-order chi connectivity index (χ0) is 15.1. The number of nitrogens with one attached hydrogen (secondary N) is 1. The van der Waals surface area contributed by atoms with E-state index in [1.165, 1.54) is 4.90 Å². The molecule has 0 bridgehead atoms. The fourth-order valence-electron chi connectivity index (χ4n) is 2.27. The first-order chi connectivity index (χ1) is 10.2. The van der Waals surface area contributed by atoms with E-state index in [1.54, 1.807) is 0 Å². The number of nitrogens with zero attached hydrogens (tertiary/aromatic N) is 1.